The molecule has 30 heavy (non-hydrogen) atoms. The van der Waals surface area contributed by atoms with Crippen LogP contribution in [0, 0.1) is 5.92 Å². The van der Waals surface area contributed by atoms with Crippen molar-refractivity contribution < 1.29 is 23.7 Å². The van der Waals surface area contributed by atoms with Gasteiger partial charge in [-0.2, -0.15) is 0 Å². The molecule has 2 aliphatic rings. The fourth-order valence-electron chi connectivity index (χ4n) is 3.54. The predicted molar refractivity (Wildman–Crippen MR) is 107 cm³/mol. The van der Waals surface area contributed by atoms with E-state index in [9.17, 15) is 4.79 Å². The Bertz CT molecular complexity index is 861. The number of rotatable bonds is 10. The summed E-state index contributed by atoms with van der Waals surface area (Å²) in [5.41, 5.74) is 1.28. The zero-order valence-electron chi connectivity index (χ0n) is 17.4. The molecule has 4 rings (SSSR count). The third-order valence-electron chi connectivity index (χ3n) is 5.12. The second kappa shape index (κ2) is 9.44. The van der Waals surface area contributed by atoms with E-state index in [1.807, 2.05) is 32.0 Å². The Morgan fingerprint density at radius 2 is 1.93 bits per heavy atom. The van der Waals surface area contributed by atoms with Gasteiger partial charge in [-0.05, 0) is 50.3 Å². The highest BCUT2D eigenvalue weighted by atomic mass is 16.7. The van der Waals surface area contributed by atoms with Crippen LogP contribution in [0.4, 0.5) is 0 Å². The number of benzene rings is 1. The van der Waals surface area contributed by atoms with E-state index in [-0.39, 0.29) is 17.6 Å². The van der Waals surface area contributed by atoms with Crippen LogP contribution < -0.4 is 14.8 Å². The molecular weight excluding hydrogens is 388 g/mol. The number of amides is 1. The summed E-state index contributed by atoms with van der Waals surface area (Å²) in [5, 5.41) is 11.2. The number of hydrogen-bond donors (Lipinski definition) is 1. The molecule has 0 spiro atoms. The molecule has 1 saturated carbocycles. The van der Waals surface area contributed by atoms with Crippen LogP contribution >= 0.6 is 0 Å². The molecule has 9 heteroatoms. The molecule has 1 atom stereocenters. The van der Waals surface area contributed by atoms with Crippen molar-refractivity contribution >= 4 is 5.91 Å². The van der Waals surface area contributed by atoms with E-state index in [1.165, 1.54) is 0 Å². The summed E-state index contributed by atoms with van der Waals surface area (Å²) in [6.07, 6.45) is 3.36. The van der Waals surface area contributed by atoms with Crippen LogP contribution in [0.25, 0.3) is 0 Å². The second-order valence-electron chi connectivity index (χ2n) is 7.36. The minimum absolute atomic E-state index is 0.0990. The van der Waals surface area contributed by atoms with E-state index in [0.717, 1.165) is 29.9 Å². The minimum Gasteiger partial charge on any atom is -0.486 e. The van der Waals surface area contributed by atoms with Gasteiger partial charge in [0.2, 0.25) is 0 Å². The maximum absolute atomic E-state index is 12.9. The summed E-state index contributed by atoms with van der Waals surface area (Å²) in [6, 6.07) is 5.76. The van der Waals surface area contributed by atoms with Gasteiger partial charge in [0.25, 0.3) is 5.91 Å². The first-order valence-corrected chi connectivity index (χ1v) is 10.5. The average Bonchev–Trinajstić information content (AvgIpc) is 3.49. The molecule has 2 aromatic rings. The number of ether oxygens (including phenoxy) is 4. The molecule has 1 aromatic carbocycles. The standard InChI is InChI=1S/C21H28N4O5/c1-3-27-19(28-4-2)13-25-12-16(23-24-25)21(26)22-20(14-5-6-14)15-7-8-17-18(11-15)30-10-9-29-17/h7-8,11-12,14,19-20H,3-6,9-10,13H2,1-2H3,(H,22,26). The van der Waals surface area contributed by atoms with Crippen molar-refractivity contribution in [2.75, 3.05) is 26.4 Å². The van der Waals surface area contributed by atoms with Crippen LogP contribution in [0.2, 0.25) is 0 Å². The van der Waals surface area contributed by atoms with E-state index in [2.05, 4.69) is 15.6 Å². The molecular formula is C21H28N4O5. The maximum atomic E-state index is 12.9. The van der Waals surface area contributed by atoms with Crippen LogP contribution in [0.3, 0.4) is 0 Å². The summed E-state index contributed by atoms with van der Waals surface area (Å²) in [5.74, 6) is 1.62. The molecule has 1 unspecified atom stereocenters. The van der Waals surface area contributed by atoms with Crippen LogP contribution in [-0.2, 0) is 16.0 Å². The Labute approximate surface area is 175 Å². The number of fused-ring (bicyclic) bond motifs is 1. The number of nitrogens with one attached hydrogen (secondary N) is 1. The van der Waals surface area contributed by atoms with Gasteiger partial charge in [-0.1, -0.05) is 11.3 Å². The minimum atomic E-state index is -0.422. The van der Waals surface area contributed by atoms with Gasteiger partial charge < -0.3 is 24.3 Å². The smallest absolute Gasteiger partial charge is 0.273 e. The van der Waals surface area contributed by atoms with Crippen molar-refractivity contribution in [1.29, 1.82) is 0 Å². The molecule has 2 heterocycles. The number of nitrogens with zero attached hydrogens (tertiary/aromatic N) is 3. The highest BCUT2D eigenvalue weighted by molar-refractivity contribution is 5.92. The average molecular weight is 416 g/mol. The van der Waals surface area contributed by atoms with Crippen molar-refractivity contribution in [3.63, 3.8) is 0 Å². The Kier molecular flexibility index (Phi) is 6.49. The van der Waals surface area contributed by atoms with Crippen molar-refractivity contribution in [2.45, 2.75) is 45.6 Å². The fraction of sp³-hybridized carbons (Fsp3) is 0.571. The lowest BCUT2D eigenvalue weighted by atomic mass is 10.0. The monoisotopic (exact) mass is 416 g/mol. The first-order valence-electron chi connectivity index (χ1n) is 10.5. The summed E-state index contributed by atoms with van der Waals surface area (Å²) in [6.45, 7) is 6.33. The zero-order chi connectivity index (χ0) is 20.9. The third-order valence-corrected chi connectivity index (χ3v) is 5.12. The first-order chi connectivity index (χ1) is 14.7. The van der Waals surface area contributed by atoms with Crippen LogP contribution in [-0.4, -0.2) is 53.6 Å². The molecule has 1 aromatic heterocycles. The van der Waals surface area contributed by atoms with Crippen molar-refractivity contribution in [3.05, 3.63) is 35.7 Å². The molecule has 0 radical (unpaired) electrons. The van der Waals surface area contributed by atoms with E-state index in [4.69, 9.17) is 18.9 Å². The van der Waals surface area contributed by atoms with Gasteiger partial charge in [-0.25, -0.2) is 4.68 Å². The van der Waals surface area contributed by atoms with E-state index >= 15 is 0 Å². The van der Waals surface area contributed by atoms with Crippen LogP contribution in [0.15, 0.2) is 24.4 Å². The summed E-state index contributed by atoms with van der Waals surface area (Å²) >= 11 is 0. The molecule has 1 aliphatic heterocycles. The molecule has 162 valence electrons. The highest BCUT2D eigenvalue weighted by Crippen LogP contribution is 2.43. The largest absolute Gasteiger partial charge is 0.486 e. The normalized spacial score (nSPS) is 16.5. The lowest BCUT2D eigenvalue weighted by Crippen LogP contribution is -2.30. The van der Waals surface area contributed by atoms with Gasteiger partial charge in [0.15, 0.2) is 23.5 Å². The van der Waals surface area contributed by atoms with Gasteiger partial charge in [0.05, 0.1) is 18.8 Å². The summed E-state index contributed by atoms with van der Waals surface area (Å²) < 4.78 is 23.9. The highest BCUT2D eigenvalue weighted by Gasteiger charge is 2.34. The van der Waals surface area contributed by atoms with Gasteiger partial charge in [0, 0.05) is 13.2 Å². The van der Waals surface area contributed by atoms with E-state index in [1.54, 1.807) is 10.9 Å². The number of hydrogen-bond acceptors (Lipinski definition) is 7. The van der Waals surface area contributed by atoms with E-state index < -0.39 is 6.29 Å². The van der Waals surface area contributed by atoms with Crippen LogP contribution in [0.1, 0.15) is 48.8 Å². The first kappa shape index (κ1) is 20.6. The van der Waals surface area contributed by atoms with Gasteiger partial charge in [0.1, 0.15) is 13.2 Å². The quantitative estimate of drug-likeness (QED) is 0.594. The fourth-order valence-corrected chi connectivity index (χ4v) is 3.54. The topological polar surface area (TPSA) is 96.7 Å². The summed E-state index contributed by atoms with van der Waals surface area (Å²) in [7, 11) is 0. The Balaban J connectivity index is 1.43. The Morgan fingerprint density at radius 1 is 1.20 bits per heavy atom. The molecule has 0 bridgehead atoms. The van der Waals surface area contributed by atoms with E-state index in [0.29, 0.717) is 38.9 Å². The van der Waals surface area contributed by atoms with Gasteiger partial charge >= 0.3 is 0 Å². The maximum Gasteiger partial charge on any atom is 0.273 e. The molecule has 1 N–H and O–H groups in total. The molecule has 1 aliphatic carbocycles. The number of carbonyl (C=O) groups excluding carboxylic acids is 1. The SMILES string of the molecule is CCOC(Cn1cc(C(=O)NC(c2ccc3c(c2)OCCO3)C2CC2)nn1)OCC. The molecule has 1 amide bonds. The van der Waals surface area contributed by atoms with Crippen molar-refractivity contribution in [2.24, 2.45) is 5.92 Å². The van der Waals surface area contributed by atoms with Crippen LogP contribution in [0.5, 0.6) is 11.5 Å². The lowest BCUT2D eigenvalue weighted by Gasteiger charge is -2.22. The van der Waals surface area contributed by atoms with Crippen molar-refractivity contribution in [1.82, 2.24) is 20.3 Å². The number of aromatic nitrogens is 3. The Hall–Kier alpha value is -2.65. The van der Waals surface area contributed by atoms with Gasteiger partial charge in [-0.3, -0.25) is 4.79 Å². The molecule has 9 nitrogen and oxygen atoms in total. The van der Waals surface area contributed by atoms with Crippen molar-refractivity contribution in [3.8, 4) is 11.5 Å². The second-order valence-corrected chi connectivity index (χ2v) is 7.36. The van der Waals surface area contributed by atoms with Gasteiger partial charge in [-0.15, -0.1) is 5.10 Å². The summed E-state index contributed by atoms with van der Waals surface area (Å²) in [4.78, 5) is 12.9. The third kappa shape index (κ3) is 4.91. The predicted octanol–water partition coefficient (Wildman–Crippen LogP) is 2.33. The Morgan fingerprint density at radius 3 is 2.63 bits per heavy atom. The zero-order valence-corrected chi connectivity index (χ0v) is 17.4. The molecule has 1 fully saturated rings. The molecule has 0 saturated heterocycles. The lowest BCUT2D eigenvalue weighted by molar-refractivity contribution is -0.145. The number of carbonyl (C=O) groups is 1.